The Bertz CT molecular complexity index is 61.4. The largest absolute Gasteiger partial charge is 0.285 e. The summed E-state index contributed by atoms with van der Waals surface area (Å²) < 4.78 is 0. The van der Waals surface area contributed by atoms with Crippen molar-refractivity contribution in [3.8, 4) is 0 Å². The van der Waals surface area contributed by atoms with Gasteiger partial charge in [-0.15, -0.1) is 11.8 Å². The molecular weight excluding hydrogens is 138 g/mol. The summed E-state index contributed by atoms with van der Waals surface area (Å²) in [7, 11) is 0. The molecule has 0 aromatic rings. The molecule has 0 bridgehead atoms. The summed E-state index contributed by atoms with van der Waals surface area (Å²) >= 11 is 6.18. The molecule has 48 valence electrons. The molecule has 0 radical (unpaired) electrons. The molecule has 0 unspecified atom stereocenters. The first-order chi connectivity index (χ1) is 3.93. The van der Waals surface area contributed by atoms with Crippen LogP contribution in [-0.2, 0) is 0 Å². The summed E-state index contributed by atoms with van der Waals surface area (Å²) in [5, 5.41) is 0. The molecule has 1 nitrogen and oxygen atoms in total. The lowest BCUT2D eigenvalue weighted by Gasteiger charge is -2.23. The molecule has 1 rings (SSSR count). The van der Waals surface area contributed by atoms with Crippen molar-refractivity contribution in [3.63, 3.8) is 0 Å². The summed E-state index contributed by atoms with van der Waals surface area (Å²) in [5.74, 6) is 3.45. The van der Waals surface area contributed by atoms with E-state index in [2.05, 4.69) is 17.5 Å². The van der Waals surface area contributed by atoms with Crippen molar-refractivity contribution >= 4 is 24.4 Å². The van der Waals surface area contributed by atoms with E-state index < -0.39 is 0 Å². The predicted octanol–water partition coefficient (Wildman–Crippen LogP) is 1.27. The Morgan fingerprint density at radius 3 is 2.88 bits per heavy atom. The zero-order valence-corrected chi connectivity index (χ0v) is 6.55. The molecule has 0 aromatic carbocycles. The number of thioether (sulfide) groups is 1. The lowest BCUT2D eigenvalue weighted by atomic mass is 10.4. The minimum absolute atomic E-state index is 0.924. The summed E-state index contributed by atoms with van der Waals surface area (Å²) in [5.41, 5.74) is 0. The molecule has 1 aliphatic rings. The van der Waals surface area contributed by atoms with Crippen LogP contribution in [0.1, 0.15) is 6.42 Å². The van der Waals surface area contributed by atoms with Crippen molar-refractivity contribution in [2.45, 2.75) is 6.42 Å². The standard InChI is InChI=1S/C5H11NS2/c7-4-6-2-1-3-8-5-6/h7H,1-5H2. The minimum Gasteiger partial charge on any atom is -0.285 e. The van der Waals surface area contributed by atoms with Gasteiger partial charge in [-0.1, -0.05) is 0 Å². The van der Waals surface area contributed by atoms with Gasteiger partial charge < -0.3 is 0 Å². The number of thiol groups is 1. The van der Waals surface area contributed by atoms with Gasteiger partial charge in [-0.2, -0.15) is 12.6 Å². The van der Waals surface area contributed by atoms with E-state index in [-0.39, 0.29) is 0 Å². The molecule has 0 saturated carbocycles. The van der Waals surface area contributed by atoms with Crippen molar-refractivity contribution < 1.29 is 0 Å². The minimum atomic E-state index is 0.924. The van der Waals surface area contributed by atoms with Crippen LogP contribution in [0.4, 0.5) is 0 Å². The van der Waals surface area contributed by atoms with Gasteiger partial charge >= 0.3 is 0 Å². The fraction of sp³-hybridized carbons (Fsp3) is 1.00. The van der Waals surface area contributed by atoms with E-state index in [1.807, 2.05) is 11.8 Å². The quantitative estimate of drug-likeness (QED) is 0.559. The summed E-state index contributed by atoms with van der Waals surface area (Å²) in [6.07, 6.45) is 1.34. The van der Waals surface area contributed by atoms with Crippen LogP contribution in [0.5, 0.6) is 0 Å². The van der Waals surface area contributed by atoms with Gasteiger partial charge in [0.2, 0.25) is 0 Å². The molecule has 0 aromatic heterocycles. The lowest BCUT2D eigenvalue weighted by Crippen LogP contribution is -2.27. The molecule has 1 fully saturated rings. The highest BCUT2D eigenvalue weighted by molar-refractivity contribution is 7.99. The van der Waals surface area contributed by atoms with Crippen LogP contribution < -0.4 is 0 Å². The van der Waals surface area contributed by atoms with Crippen LogP contribution in [0.3, 0.4) is 0 Å². The second-order valence-corrected chi connectivity index (χ2v) is 3.28. The average Bonchev–Trinajstić information content (AvgIpc) is 1.90. The van der Waals surface area contributed by atoms with E-state index in [9.17, 15) is 0 Å². The van der Waals surface area contributed by atoms with Crippen molar-refractivity contribution in [2.24, 2.45) is 0 Å². The molecule has 0 amide bonds. The molecule has 0 atom stereocenters. The Morgan fingerprint density at radius 1 is 1.62 bits per heavy atom. The third kappa shape index (κ3) is 1.88. The Hall–Kier alpha value is 0.660. The first-order valence-corrected chi connectivity index (χ1v) is 4.63. The van der Waals surface area contributed by atoms with Crippen molar-refractivity contribution in [1.82, 2.24) is 4.90 Å². The van der Waals surface area contributed by atoms with E-state index in [1.165, 1.54) is 24.6 Å². The van der Waals surface area contributed by atoms with E-state index in [0.29, 0.717) is 0 Å². The van der Waals surface area contributed by atoms with E-state index in [0.717, 1.165) is 5.88 Å². The van der Waals surface area contributed by atoms with Crippen LogP contribution in [-0.4, -0.2) is 29.0 Å². The van der Waals surface area contributed by atoms with Gasteiger partial charge in [0.1, 0.15) is 0 Å². The van der Waals surface area contributed by atoms with Gasteiger partial charge in [0, 0.05) is 18.3 Å². The fourth-order valence-electron chi connectivity index (χ4n) is 0.760. The third-order valence-corrected chi connectivity index (χ3v) is 2.76. The Balaban J connectivity index is 2.13. The maximum atomic E-state index is 4.18. The van der Waals surface area contributed by atoms with Crippen LogP contribution in [0.25, 0.3) is 0 Å². The number of rotatable bonds is 1. The van der Waals surface area contributed by atoms with E-state index >= 15 is 0 Å². The second-order valence-electron chi connectivity index (χ2n) is 1.93. The van der Waals surface area contributed by atoms with Crippen LogP contribution in [0.2, 0.25) is 0 Å². The molecule has 0 spiro atoms. The molecule has 0 N–H and O–H groups in total. The van der Waals surface area contributed by atoms with Gasteiger partial charge in [-0.3, -0.25) is 4.90 Å². The molecule has 0 aliphatic carbocycles. The molecule has 1 heterocycles. The van der Waals surface area contributed by atoms with E-state index in [4.69, 9.17) is 0 Å². The number of hydrogen-bond donors (Lipinski definition) is 1. The monoisotopic (exact) mass is 149 g/mol. The first-order valence-electron chi connectivity index (χ1n) is 2.84. The highest BCUT2D eigenvalue weighted by atomic mass is 32.2. The predicted molar refractivity (Wildman–Crippen MR) is 42.5 cm³/mol. The zero-order chi connectivity index (χ0) is 5.82. The number of hydrogen-bond acceptors (Lipinski definition) is 3. The first kappa shape index (κ1) is 6.78. The van der Waals surface area contributed by atoms with Gasteiger partial charge in [0.15, 0.2) is 0 Å². The lowest BCUT2D eigenvalue weighted by molar-refractivity contribution is 0.370. The highest BCUT2D eigenvalue weighted by Crippen LogP contribution is 2.12. The SMILES string of the molecule is SCN1CCCSC1. The van der Waals surface area contributed by atoms with Crippen molar-refractivity contribution in [1.29, 1.82) is 0 Å². The van der Waals surface area contributed by atoms with Gasteiger partial charge in [-0.05, 0) is 12.2 Å². The Labute approximate surface area is 60.2 Å². The van der Waals surface area contributed by atoms with Crippen molar-refractivity contribution in [3.05, 3.63) is 0 Å². The topological polar surface area (TPSA) is 3.24 Å². The summed E-state index contributed by atoms with van der Waals surface area (Å²) in [6, 6.07) is 0. The summed E-state index contributed by atoms with van der Waals surface area (Å²) in [4.78, 5) is 2.34. The number of nitrogens with zero attached hydrogens (tertiary/aromatic N) is 1. The van der Waals surface area contributed by atoms with Gasteiger partial charge in [0.05, 0.1) is 0 Å². The normalized spacial score (nSPS) is 23.6. The average molecular weight is 149 g/mol. The maximum absolute atomic E-state index is 4.18. The molecular formula is C5H11NS2. The molecule has 8 heavy (non-hydrogen) atoms. The van der Waals surface area contributed by atoms with Gasteiger partial charge in [-0.25, -0.2) is 0 Å². The van der Waals surface area contributed by atoms with Crippen LogP contribution >= 0.6 is 24.4 Å². The Morgan fingerprint density at radius 2 is 2.50 bits per heavy atom. The van der Waals surface area contributed by atoms with Crippen molar-refractivity contribution in [2.75, 3.05) is 24.1 Å². The second kappa shape index (κ2) is 3.64. The third-order valence-electron chi connectivity index (χ3n) is 1.24. The van der Waals surface area contributed by atoms with Gasteiger partial charge in [0.25, 0.3) is 0 Å². The molecule has 3 heteroatoms. The van der Waals surface area contributed by atoms with Crippen LogP contribution in [0, 0.1) is 0 Å². The summed E-state index contributed by atoms with van der Waals surface area (Å²) in [6.45, 7) is 1.25. The fourth-order valence-corrected chi connectivity index (χ4v) is 2.08. The smallest absolute Gasteiger partial charge is 0.0452 e. The molecule has 1 saturated heterocycles. The highest BCUT2D eigenvalue weighted by Gasteiger charge is 2.06. The maximum Gasteiger partial charge on any atom is 0.0452 e. The van der Waals surface area contributed by atoms with Crippen LogP contribution in [0.15, 0.2) is 0 Å². The zero-order valence-electron chi connectivity index (χ0n) is 4.84. The molecule has 1 aliphatic heterocycles. The Kier molecular flexibility index (Phi) is 3.08. The van der Waals surface area contributed by atoms with E-state index in [1.54, 1.807) is 0 Å².